The molecule has 5 heterocycles. The number of pyridine rings is 4. The van der Waals surface area contributed by atoms with E-state index in [0.717, 1.165) is 79.0 Å². The summed E-state index contributed by atoms with van der Waals surface area (Å²) < 4.78 is 6.47. The van der Waals surface area contributed by atoms with Crippen molar-refractivity contribution in [1.82, 2.24) is 19.9 Å². The number of anilines is 6. The fraction of sp³-hybridized carbons (Fsp3) is 0. The van der Waals surface area contributed by atoms with Gasteiger partial charge in [0.25, 0.3) is 0 Å². The number of rotatable bonds is 10. The monoisotopic (exact) mass is 710 g/mol. The molecule has 0 saturated carbocycles. The van der Waals surface area contributed by atoms with Crippen LogP contribution in [0.4, 0.5) is 34.1 Å². The molecular formula is C48H34N6O. The number of benzene rings is 4. The molecule has 0 radical (unpaired) electrons. The normalized spacial score (nSPS) is 10.9. The SMILES string of the molecule is c1cncc(-c2cccc(N(c3ccc(-c4ccc(-c5ccc(N(c6cccnc6)c6cccc(-c7cccnc7)c6)cc5)o4)cc3)c3cccnc3)c2)c1. The van der Waals surface area contributed by atoms with Crippen molar-refractivity contribution in [3.63, 3.8) is 0 Å². The highest BCUT2D eigenvalue weighted by molar-refractivity contribution is 5.82. The summed E-state index contributed by atoms with van der Waals surface area (Å²) >= 11 is 0. The number of hydrogen-bond acceptors (Lipinski definition) is 7. The van der Waals surface area contributed by atoms with E-state index in [-0.39, 0.29) is 0 Å². The van der Waals surface area contributed by atoms with Crippen molar-refractivity contribution in [2.45, 2.75) is 0 Å². The molecule has 0 aliphatic heterocycles. The molecular weight excluding hydrogens is 677 g/mol. The Kier molecular flexibility index (Phi) is 9.15. The van der Waals surface area contributed by atoms with Crippen LogP contribution in [0.1, 0.15) is 0 Å². The van der Waals surface area contributed by atoms with E-state index in [4.69, 9.17) is 4.42 Å². The van der Waals surface area contributed by atoms with E-state index in [9.17, 15) is 0 Å². The molecule has 9 aromatic rings. The lowest BCUT2D eigenvalue weighted by Gasteiger charge is -2.25. The van der Waals surface area contributed by atoms with Gasteiger partial charge in [-0.2, -0.15) is 0 Å². The van der Waals surface area contributed by atoms with Gasteiger partial charge in [-0.15, -0.1) is 0 Å². The highest BCUT2D eigenvalue weighted by atomic mass is 16.3. The van der Waals surface area contributed by atoms with Crippen molar-refractivity contribution in [2.75, 3.05) is 9.80 Å². The summed E-state index contributed by atoms with van der Waals surface area (Å²) in [5.41, 5.74) is 12.3. The van der Waals surface area contributed by atoms with Crippen molar-refractivity contribution in [3.05, 3.63) is 207 Å². The van der Waals surface area contributed by atoms with Gasteiger partial charge < -0.3 is 14.2 Å². The van der Waals surface area contributed by atoms with E-state index < -0.39 is 0 Å². The van der Waals surface area contributed by atoms with Gasteiger partial charge in [-0.1, -0.05) is 36.4 Å². The lowest BCUT2D eigenvalue weighted by Crippen LogP contribution is -2.10. The van der Waals surface area contributed by atoms with Crippen LogP contribution in [0.2, 0.25) is 0 Å². The smallest absolute Gasteiger partial charge is 0.134 e. The van der Waals surface area contributed by atoms with Gasteiger partial charge in [0.05, 0.1) is 23.8 Å². The lowest BCUT2D eigenvalue weighted by atomic mass is 10.1. The molecule has 0 atom stereocenters. The number of aromatic nitrogens is 4. The molecule has 0 fully saturated rings. The van der Waals surface area contributed by atoms with Gasteiger partial charge in [0.1, 0.15) is 11.5 Å². The van der Waals surface area contributed by atoms with Gasteiger partial charge in [0.15, 0.2) is 0 Å². The molecule has 0 saturated heterocycles. The van der Waals surface area contributed by atoms with Gasteiger partial charge >= 0.3 is 0 Å². The Labute approximate surface area is 319 Å². The highest BCUT2D eigenvalue weighted by Crippen LogP contribution is 2.39. The number of nitrogens with zero attached hydrogens (tertiary/aromatic N) is 6. The van der Waals surface area contributed by atoms with E-state index in [0.29, 0.717) is 0 Å². The Hall–Kier alpha value is -7.64. The standard InChI is InChI=1S/C48H34N6O/c1-7-37(39-9-3-25-49-31-39)29-43(11-1)53(45-13-5-27-51-33-45)41-19-15-35(16-20-41)47-23-24-48(55-47)36-17-21-42(22-18-36)54(46-14-6-28-52-34-46)44-12-2-8-38(30-44)40-10-4-26-50-32-40/h1-34H. The van der Waals surface area contributed by atoms with Crippen LogP contribution >= 0.6 is 0 Å². The first-order chi connectivity index (χ1) is 27.3. The molecule has 7 heteroatoms. The summed E-state index contributed by atoms with van der Waals surface area (Å²) in [6, 6.07) is 54.0. The number of hydrogen-bond donors (Lipinski definition) is 0. The second kappa shape index (κ2) is 15.1. The zero-order valence-corrected chi connectivity index (χ0v) is 29.7. The minimum atomic E-state index is 0.793. The average molecular weight is 711 g/mol. The lowest BCUT2D eigenvalue weighted by molar-refractivity contribution is 0.597. The van der Waals surface area contributed by atoms with Crippen LogP contribution in [0.15, 0.2) is 212 Å². The van der Waals surface area contributed by atoms with Crippen LogP contribution in [0, 0.1) is 0 Å². The summed E-state index contributed by atoms with van der Waals surface area (Å²) in [6.45, 7) is 0. The first kappa shape index (κ1) is 33.2. The van der Waals surface area contributed by atoms with Crippen LogP contribution in [0.3, 0.4) is 0 Å². The third kappa shape index (κ3) is 7.10. The summed E-state index contributed by atoms with van der Waals surface area (Å²) in [6.07, 6.45) is 14.7. The van der Waals surface area contributed by atoms with Crippen LogP contribution < -0.4 is 9.80 Å². The Bertz CT molecular complexity index is 2450. The van der Waals surface area contributed by atoms with Crippen LogP contribution in [-0.4, -0.2) is 19.9 Å². The molecule has 55 heavy (non-hydrogen) atoms. The topological polar surface area (TPSA) is 71.2 Å². The van der Waals surface area contributed by atoms with Crippen molar-refractivity contribution in [1.29, 1.82) is 0 Å². The molecule has 262 valence electrons. The van der Waals surface area contributed by atoms with Gasteiger partial charge in [0.2, 0.25) is 0 Å². The molecule has 0 unspecified atom stereocenters. The Morgan fingerprint density at radius 3 is 1.05 bits per heavy atom. The minimum Gasteiger partial charge on any atom is -0.456 e. The molecule has 9 rings (SSSR count). The predicted molar refractivity (Wildman–Crippen MR) is 221 cm³/mol. The van der Waals surface area contributed by atoms with Crippen LogP contribution in [0.25, 0.3) is 44.9 Å². The highest BCUT2D eigenvalue weighted by Gasteiger charge is 2.17. The summed E-state index contributed by atoms with van der Waals surface area (Å²) in [5.74, 6) is 1.59. The van der Waals surface area contributed by atoms with E-state index in [1.165, 1.54) is 0 Å². The molecule has 0 spiro atoms. The zero-order valence-electron chi connectivity index (χ0n) is 29.7. The summed E-state index contributed by atoms with van der Waals surface area (Å²) in [4.78, 5) is 21.9. The summed E-state index contributed by atoms with van der Waals surface area (Å²) in [7, 11) is 0. The molecule has 0 bridgehead atoms. The van der Waals surface area contributed by atoms with Gasteiger partial charge in [0, 0.05) is 82.2 Å². The Balaban J connectivity index is 0.988. The Morgan fingerprint density at radius 2 is 0.673 bits per heavy atom. The Morgan fingerprint density at radius 1 is 0.291 bits per heavy atom. The molecule has 0 amide bonds. The van der Waals surface area contributed by atoms with E-state index in [1.807, 2.05) is 61.2 Å². The van der Waals surface area contributed by atoms with Crippen molar-refractivity contribution in [3.8, 4) is 44.9 Å². The first-order valence-corrected chi connectivity index (χ1v) is 18.0. The first-order valence-electron chi connectivity index (χ1n) is 18.0. The average Bonchev–Trinajstić information content (AvgIpc) is 3.77. The zero-order chi connectivity index (χ0) is 36.8. The molecule has 0 aliphatic rings. The maximum Gasteiger partial charge on any atom is 0.134 e. The van der Waals surface area contributed by atoms with Crippen molar-refractivity contribution in [2.24, 2.45) is 0 Å². The maximum absolute atomic E-state index is 6.47. The molecule has 5 aromatic heterocycles. The predicted octanol–water partition coefficient (Wildman–Crippen LogP) is 12.5. The van der Waals surface area contributed by atoms with E-state index in [1.54, 1.807) is 24.8 Å². The molecule has 0 aliphatic carbocycles. The quantitative estimate of drug-likeness (QED) is 0.140. The molecule has 0 N–H and O–H groups in total. The third-order valence-electron chi connectivity index (χ3n) is 9.43. The second-order valence-electron chi connectivity index (χ2n) is 12.9. The van der Waals surface area contributed by atoms with E-state index >= 15 is 0 Å². The minimum absolute atomic E-state index is 0.793. The molecule has 7 nitrogen and oxygen atoms in total. The van der Waals surface area contributed by atoms with Crippen molar-refractivity contribution < 1.29 is 4.42 Å². The fourth-order valence-corrected chi connectivity index (χ4v) is 6.78. The van der Waals surface area contributed by atoms with E-state index in [2.05, 4.69) is 151 Å². The van der Waals surface area contributed by atoms with Crippen LogP contribution in [0.5, 0.6) is 0 Å². The van der Waals surface area contributed by atoms with Gasteiger partial charge in [-0.25, -0.2) is 0 Å². The van der Waals surface area contributed by atoms with Gasteiger partial charge in [-0.3, -0.25) is 19.9 Å². The van der Waals surface area contributed by atoms with Gasteiger partial charge in [-0.05, 0) is 132 Å². The van der Waals surface area contributed by atoms with Crippen molar-refractivity contribution >= 4 is 34.1 Å². The third-order valence-corrected chi connectivity index (χ3v) is 9.43. The summed E-state index contributed by atoms with van der Waals surface area (Å²) in [5, 5.41) is 0. The largest absolute Gasteiger partial charge is 0.456 e. The fourth-order valence-electron chi connectivity index (χ4n) is 6.78. The van der Waals surface area contributed by atoms with Crippen LogP contribution in [-0.2, 0) is 0 Å². The number of furan rings is 1. The molecule has 4 aromatic carbocycles. The maximum atomic E-state index is 6.47. The second-order valence-corrected chi connectivity index (χ2v) is 12.9.